The minimum Gasteiger partial charge on any atom is -0.302 e. The molecule has 1 N–H and O–H groups in total. The maximum atomic E-state index is 5.44. The summed E-state index contributed by atoms with van der Waals surface area (Å²) in [6.07, 6.45) is 5.50. The number of hydroxylamine groups is 1. The van der Waals surface area contributed by atoms with Crippen molar-refractivity contribution >= 4 is 0 Å². The fraction of sp³-hybridized carbons (Fsp3) is 1.00. The zero-order valence-corrected chi connectivity index (χ0v) is 12.4. The fourth-order valence-electron chi connectivity index (χ4n) is 2.63. The number of rotatable bonds is 5. The van der Waals surface area contributed by atoms with Crippen LogP contribution in [0.3, 0.4) is 0 Å². The molecule has 0 unspecified atom stereocenters. The molecular weight excluding hydrogens is 210 g/mol. The Morgan fingerprint density at radius 1 is 1.12 bits per heavy atom. The lowest BCUT2D eigenvalue weighted by Crippen LogP contribution is -2.31. The van der Waals surface area contributed by atoms with E-state index in [0.29, 0.717) is 11.3 Å². The van der Waals surface area contributed by atoms with Crippen LogP contribution in [0.2, 0.25) is 0 Å². The van der Waals surface area contributed by atoms with E-state index in [9.17, 15) is 0 Å². The molecule has 1 saturated carbocycles. The van der Waals surface area contributed by atoms with Crippen LogP contribution in [-0.4, -0.2) is 13.2 Å². The minimum absolute atomic E-state index is 0.493. The highest BCUT2D eigenvalue weighted by Crippen LogP contribution is 2.39. The van der Waals surface area contributed by atoms with Crippen molar-refractivity contribution < 1.29 is 4.84 Å². The lowest BCUT2D eigenvalue weighted by atomic mass is 9.70. The van der Waals surface area contributed by atoms with E-state index in [1.807, 2.05) is 0 Å². The molecule has 0 aromatic rings. The van der Waals surface area contributed by atoms with Crippen molar-refractivity contribution in [3.63, 3.8) is 0 Å². The van der Waals surface area contributed by atoms with Crippen molar-refractivity contribution in [2.45, 2.75) is 60.3 Å². The highest BCUT2D eigenvalue weighted by atomic mass is 16.6. The van der Waals surface area contributed by atoms with Gasteiger partial charge in [-0.3, -0.25) is 0 Å². The molecule has 1 aliphatic rings. The van der Waals surface area contributed by atoms with Crippen molar-refractivity contribution in [1.82, 2.24) is 5.48 Å². The summed E-state index contributed by atoms with van der Waals surface area (Å²) in [6, 6.07) is 0. The molecule has 0 aliphatic heterocycles. The monoisotopic (exact) mass is 241 g/mol. The Balaban J connectivity index is 2.11. The van der Waals surface area contributed by atoms with Gasteiger partial charge in [-0.1, -0.05) is 34.6 Å². The van der Waals surface area contributed by atoms with Crippen LogP contribution in [0.1, 0.15) is 60.3 Å². The highest BCUT2D eigenvalue weighted by Gasteiger charge is 2.29. The van der Waals surface area contributed by atoms with Crippen molar-refractivity contribution in [1.29, 1.82) is 0 Å². The van der Waals surface area contributed by atoms with Crippen LogP contribution in [0.4, 0.5) is 0 Å². The molecule has 0 atom stereocenters. The zero-order valence-electron chi connectivity index (χ0n) is 12.4. The SMILES string of the molecule is CC(C)CONCC1CCC(C(C)(C)C)CC1. The summed E-state index contributed by atoms with van der Waals surface area (Å²) in [4.78, 5) is 5.44. The predicted molar refractivity (Wildman–Crippen MR) is 73.7 cm³/mol. The molecule has 0 aromatic heterocycles. The molecule has 0 bridgehead atoms. The normalized spacial score (nSPS) is 26.5. The summed E-state index contributed by atoms with van der Waals surface area (Å²) in [7, 11) is 0. The van der Waals surface area contributed by atoms with Gasteiger partial charge in [0, 0.05) is 6.54 Å². The molecule has 1 rings (SSSR count). The van der Waals surface area contributed by atoms with Crippen molar-refractivity contribution in [3.05, 3.63) is 0 Å². The van der Waals surface area contributed by atoms with Crippen LogP contribution < -0.4 is 5.48 Å². The summed E-state index contributed by atoms with van der Waals surface area (Å²) in [6.45, 7) is 13.3. The van der Waals surface area contributed by atoms with Crippen LogP contribution in [0.25, 0.3) is 0 Å². The van der Waals surface area contributed by atoms with E-state index in [0.717, 1.165) is 25.0 Å². The standard InChI is InChI=1S/C15H31NO/c1-12(2)11-17-16-10-13-6-8-14(9-7-13)15(3,4)5/h12-14,16H,6-11H2,1-5H3. The van der Waals surface area contributed by atoms with E-state index in [-0.39, 0.29) is 0 Å². The van der Waals surface area contributed by atoms with Gasteiger partial charge in [-0.15, -0.1) is 0 Å². The molecule has 0 amide bonds. The Morgan fingerprint density at radius 2 is 1.71 bits per heavy atom. The lowest BCUT2D eigenvalue weighted by molar-refractivity contribution is 0.00942. The summed E-state index contributed by atoms with van der Waals surface area (Å²) in [5.74, 6) is 2.34. The smallest absolute Gasteiger partial charge is 0.0705 e. The molecule has 0 saturated heterocycles. The van der Waals surface area contributed by atoms with Crippen LogP contribution >= 0.6 is 0 Å². The molecule has 0 heterocycles. The number of hydrogen-bond donors (Lipinski definition) is 1. The van der Waals surface area contributed by atoms with E-state index in [1.54, 1.807) is 0 Å². The van der Waals surface area contributed by atoms with E-state index in [1.165, 1.54) is 25.7 Å². The van der Waals surface area contributed by atoms with E-state index in [4.69, 9.17) is 4.84 Å². The van der Waals surface area contributed by atoms with Gasteiger partial charge in [0.15, 0.2) is 0 Å². The molecule has 17 heavy (non-hydrogen) atoms. The third-order valence-electron chi connectivity index (χ3n) is 3.96. The molecule has 2 heteroatoms. The molecule has 1 fully saturated rings. The number of hydrogen-bond acceptors (Lipinski definition) is 2. The molecule has 102 valence electrons. The average molecular weight is 241 g/mol. The Labute approximate surface area is 107 Å². The Morgan fingerprint density at radius 3 is 2.18 bits per heavy atom. The van der Waals surface area contributed by atoms with Gasteiger partial charge < -0.3 is 4.84 Å². The van der Waals surface area contributed by atoms with E-state index >= 15 is 0 Å². The maximum absolute atomic E-state index is 5.44. The topological polar surface area (TPSA) is 21.3 Å². The fourth-order valence-corrected chi connectivity index (χ4v) is 2.63. The van der Waals surface area contributed by atoms with Crippen LogP contribution in [0.15, 0.2) is 0 Å². The quantitative estimate of drug-likeness (QED) is 0.580. The summed E-state index contributed by atoms with van der Waals surface area (Å²) < 4.78 is 0. The molecule has 0 radical (unpaired) electrons. The van der Waals surface area contributed by atoms with Gasteiger partial charge in [0.25, 0.3) is 0 Å². The largest absolute Gasteiger partial charge is 0.302 e. The molecule has 0 aromatic carbocycles. The molecule has 2 nitrogen and oxygen atoms in total. The third kappa shape index (κ3) is 5.87. The maximum Gasteiger partial charge on any atom is 0.0705 e. The highest BCUT2D eigenvalue weighted by molar-refractivity contribution is 4.80. The average Bonchev–Trinajstić information content (AvgIpc) is 2.23. The first-order chi connectivity index (χ1) is 7.89. The van der Waals surface area contributed by atoms with Crippen molar-refractivity contribution in [2.75, 3.05) is 13.2 Å². The summed E-state index contributed by atoms with van der Waals surface area (Å²) >= 11 is 0. The van der Waals surface area contributed by atoms with E-state index < -0.39 is 0 Å². The first kappa shape index (κ1) is 15.0. The van der Waals surface area contributed by atoms with Gasteiger partial charge in [0.05, 0.1) is 6.61 Å². The van der Waals surface area contributed by atoms with Crippen LogP contribution in [-0.2, 0) is 4.84 Å². The summed E-state index contributed by atoms with van der Waals surface area (Å²) in [5, 5.41) is 0. The van der Waals surface area contributed by atoms with Crippen molar-refractivity contribution in [2.24, 2.45) is 23.2 Å². The second-order valence-corrected chi connectivity index (χ2v) is 7.14. The zero-order chi connectivity index (χ0) is 12.9. The first-order valence-electron chi connectivity index (χ1n) is 7.24. The van der Waals surface area contributed by atoms with Crippen LogP contribution in [0, 0.1) is 23.2 Å². The molecule has 0 spiro atoms. The summed E-state index contributed by atoms with van der Waals surface area (Å²) in [5.41, 5.74) is 3.63. The predicted octanol–water partition coefficient (Wildman–Crippen LogP) is 4.02. The van der Waals surface area contributed by atoms with Gasteiger partial charge in [-0.05, 0) is 48.9 Å². The lowest BCUT2D eigenvalue weighted by Gasteiger charge is -2.37. The van der Waals surface area contributed by atoms with E-state index in [2.05, 4.69) is 40.1 Å². The van der Waals surface area contributed by atoms with Crippen LogP contribution in [0.5, 0.6) is 0 Å². The number of nitrogens with one attached hydrogen (secondary N) is 1. The Kier molecular flexibility index (Phi) is 5.94. The second-order valence-electron chi connectivity index (χ2n) is 7.14. The minimum atomic E-state index is 0.493. The van der Waals surface area contributed by atoms with Gasteiger partial charge in [-0.25, -0.2) is 5.48 Å². The molecular formula is C15H31NO. The third-order valence-corrected chi connectivity index (χ3v) is 3.96. The van der Waals surface area contributed by atoms with Gasteiger partial charge >= 0.3 is 0 Å². The van der Waals surface area contributed by atoms with Gasteiger partial charge in [0.2, 0.25) is 0 Å². The Hall–Kier alpha value is -0.0800. The molecule has 1 aliphatic carbocycles. The van der Waals surface area contributed by atoms with Gasteiger partial charge in [-0.2, -0.15) is 0 Å². The van der Waals surface area contributed by atoms with Gasteiger partial charge in [0.1, 0.15) is 0 Å². The first-order valence-corrected chi connectivity index (χ1v) is 7.24. The Bertz CT molecular complexity index is 199. The van der Waals surface area contributed by atoms with Crippen molar-refractivity contribution in [3.8, 4) is 0 Å². The second kappa shape index (κ2) is 6.75.